The summed E-state index contributed by atoms with van der Waals surface area (Å²) in [4.78, 5) is 14.5. The molecule has 5 nitrogen and oxygen atoms in total. The van der Waals surface area contributed by atoms with Crippen LogP contribution in [0.4, 0.5) is 0 Å². The molecule has 2 aliphatic rings. The molecule has 1 aliphatic heterocycles. The Labute approximate surface area is 179 Å². The fourth-order valence-corrected chi connectivity index (χ4v) is 3.97. The quantitative estimate of drug-likeness (QED) is 0.676. The van der Waals surface area contributed by atoms with Gasteiger partial charge < -0.3 is 14.2 Å². The third-order valence-corrected chi connectivity index (χ3v) is 5.76. The van der Waals surface area contributed by atoms with Gasteiger partial charge in [0.25, 0.3) is 0 Å². The van der Waals surface area contributed by atoms with Gasteiger partial charge in [0.05, 0.1) is 19.8 Å². The zero-order chi connectivity index (χ0) is 21.5. The lowest BCUT2D eigenvalue weighted by atomic mass is 9.89. The van der Waals surface area contributed by atoms with Gasteiger partial charge in [-0.1, -0.05) is 29.8 Å². The van der Waals surface area contributed by atoms with Gasteiger partial charge in [-0.15, -0.1) is 0 Å². The number of hydrogen-bond acceptors (Lipinski definition) is 5. The van der Waals surface area contributed by atoms with Crippen LogP contribution in [0.15, 0.2) is 60.4 Å². The van der Waals surface area contributed by atoms with E-state index in [4.69, 9.17) is 14.2 Å². The molecular weight excluding hydrogens is 378 g/mol. The molecule has 2 aromatic rings. The first-order valence-corrected chi connectivity index (χ1v) is 10.4. The summed E-state index contributed by atoms with van der Waals surface area (Å²) in [5.41, 5.74) is 1.77. The highest BCUT2D eigenvalue weighted by molar-refractivity contribution is 5.90. The number of ether oxygens (including phenoxy) is 3. The molecule has 0 spiro atoms. The number of methoxy groups -OCH3 is 2. The van der Waals surface area contributed by atoms with Crippen LogP contribution >= 0.6 is 0 Å². The number of likely N-dealkylation sites (tertiary alicyclic amines) is 1. The molecule has 1 saturated heterocycles. The van der Waals surface area contributed by atoms with Crippen LogP contribution in [0.3, 0.4) is 0 Å². The summed E-state index contributed by atoms with van der Waals surface area (Å²) in [5.74, 6) is 2.87. The zero-order valence-electron chi connectivity index (χ0n) is 18.3. The number of nitrogens with zero attached hydrogens (tertiary/aromatic N) is 1. The molecule has 0 radical (unpaired) electrons. The number of carbonyl (C=O) groups excluding carboxylic acids is 1. The van der Waals surface area contributed by atoms with Gasteiger partial charge in [0.15, 0.2) is 11.5 Å². The molecule has 2 aromatic carbocycles. The van der Waals surface area contributed by atoms with Crippen LogP contribution in [0.1, 0.15) is 35.2 Å². The maximum atomic E-state index is 12.1. The summed E-state index contributed by atoms with van der Waals surface area (Å²) in [5, 5.41) is 0. The molecule has 0 N–H and O–H groups in total. The molecular formula is C25H31NO4. The van der Waals surface area contributed by atoms with E-state index in [0.717, 1.165) is 48.1 Å². The van der Waals surface area contributed by atoms with Crippen molar-refractivity contribution in [3.8, 4) is 11.5 Å². The lowest BCUT2D eigenvalue weighted by Crippen LogP contribution is -2.30. The number of carbonyl (C=O) groups is 1. The number of para-hydroxylation sites is 2. The monoisotopic (exact) mass is 409 g/mol. The third-order valence-electron chi connectivity index (χ3n) is 5.76. The second-order valence-corrected chi connectivity index (χ2v) is 7.80. The summed E-state index contributed by atoms with van der Waals surface area (Å²) in [6.45, 7) is 3.15. The Hall–Kier alpha value is -2.79. The summed E-state index contributed by atoms with van der Waals surface area (Å²) in [7, 11) is 5.39. The summed E-state index contributed by atoms with van der Waals surface area (Å²) < 4.78 is 15.6. The molecule has 0 bridgehead atoms. The minimum absolute atomic E-state index is 0.240. The molecule has 30 heavy (non-hydrogen) atoms. The highest BCUT2D eigenvalue weighted by atomic mass is 16.5. The van der Waals surface area contributed by atoms with Crippen molar-refractivity contribution in [2.45, 2.75) is 32.2 Å². The van der Waals surface area contributed by atoms with Crippen LogP contribution in [-0.4, -0.2) is 44.7 Å². The van der Waals surface area contributed by atoms with E-state index in [1.165, 1.54) is 6.42 Å². The van der Waals surface area contributed by atoms with Gasteiger partial charge >= 0.3 is 5.97 Å². The van der Waals surface area contributed by atoms with Crippen LogP contribution in [-0.2, 0) is 4.74 Å². The smallest absolute Gasteiger partial charge is 0.343 e. The van der Waals surface area contributed by atoms with Gasteiger partial charge in [-0.05, 0) is 69.6 Å². The Bertz CT molecular complexity index is 852. The lowest BCUT2D eigenvalue weighted by Gasteiger charge is -2.27. The fraction of sp³-hybridized carbons (Fsp3) is 0.400. The average Bonchev–Trinajstić information content (AvgIpc) is 3.14. The van der Waals surface area contributed by atoms with Crippen molar-refractivity contribution < 1.29 is 19.0 Å². The number of benzene rings is 2. The van der Waals surface area contributed by atoms with Crippen LogP contribution < -0.4 is 9.47 Å². The number of allylic oxidation sites excluding steroid dienone is 1. The van der Waals surface area contributed by atoms with Crippen LogP contribution in [0.2, 0.25) is 0 Å². The van der Waals surface area contributed by atoms with Gasteiger partial charge in [-0.25, -0.2) is 4.79 Å². The summed E-state index contributed by atoms with van der Waals surface area (Å²) >= 11 is 0. The normalized spacial score (nSPS) is 20.3. The molecule has 1 aliphatic carbocycles. The van der Waals surface area contributed by atoms with Crippen molar-refractivity contribution in [2.24, 2.45) is 5.92 Å². The van der Waals surface area contributed by atoms with Gasteiger partial charge in [0.1, 0.15) is 5.76 Å². The van der Waals surface area contributed by atoms with E-state index < -0.39 is 0 Å². The predicted molar refractivity (Wildman–Crippen MR) is 118 cm³/mol. The van der Waals surface area contributed by atoms with Gasteiger partial charge in [-0.3, -0.25) is 4.90 Å². The Balaban J connectivity index is 0.000000216. The maximum Gasteiger partial charge on any atom is 0.343 e. The number of fused-ring (bicyclic) bond motifs is 1. The first-order valence-electron chi connectivity index (χ1n) is 10.4. The highest BCUT2D eigenvalue weighted by Crippen LogP contribution is 2.34. The molecule has 4 rings (SSSR count). The van der Waals surface area contributed by atoms with Crippen molar-refractivity contribution >= 4 is 5.97 Å². The topological polar surface area (TPSA) is 48.0 Å². The number of esters is 1. The first-order chi connectivity index (χ1) is 14.5. The van der Waals surface area contributed by atoms with Crippen LogP contribution in [0, 0.1) is 12.8 Å². The largest absolute Gasteiger partial charge is 0.493 e. The summed E-state index contributed by atoms with van der Waals surface area (Å²) in [6.07, 6.45) is 5.42. The third kappa shape index (κ3) is 5.42. The molecule has 1 heterocycles. The second-order valence-electron chi connectivity index (χ2n) is 7.80. The Morgan fingerprint density at radius 2 is 1.60 bits per heavy atom. The van der Waals surface area contributed by atoms with E-state index in [0.29, 0.717) is 11.6 Å². The Kier molecular flexibility index (Phi) is 7.52. The molecule has 5 heteroatoms. The SMILES string of the molecule is COc1ccccc1OC.Cc1ccc(C(=O)OC2=CC3C(CC2)CCN3C)cc1. The molecule has 0 aromatic heterocycles. The van der Waals surface area contributed by atoms with Crippen molar-refractivity contribution in [2.75, 3.05) is 27.8 Å². The van der Waals surface area contributed by atoms with E-state index >= 15 is 0 Å². The van der Waals surface area contributed by atoms with Gasteiger partial charge in [0, 0.05) is 12.5 Å². The summed E-state index contributed by atoms with van der Waals surface area (Å²) in [6, 6.07) is 15.5. The van der Waals surface area contributed by atoms with E-state index in [1.807, 2.05) is 55.5 Å². The van der Waals surface area contributed by atoms with Gasteiger partial charge in [-0.2, -0.15) is 0 Å². The second kappa shape index (κ2) is 10.3. The van der Waals surface area contributed by atoms with Crippen molar-refractivity contribution in [1.82, 2.24) is 4.90 Å². The average molecular weight is 410 g/mol. The number of likely N-dealkylation sites (N-methyl/N-ethyl adjacent to an activating group) is 1. The minimum Gasteiger partial charge on any atom is -0.493 e. The van der Waals surface area contributed by atoms with Gasteiger partial charge in [0.2, 0.25) is 0 Å². The standard InChI is InChI=1S/C17H21NO2.C8H10O2/c1-12-3-5-14(6-4-12)17(19)20-15-8-7-13-9-10-18(2)16(13)11-15;1-9-7-5-3-4-6-8(7)10-2/h3-6,11,13,16H,7-10H2,1-2H3;3-6H,1-2H3. The minimum atomic E-state index is -0.240. The van der Waals surface area contributed by atoms with Crippen molar-refractivity contribution in [3.63, 3.8) is 0 Å². The fourth-order valence-electron chi connectivity index (χ4n) is 3.97. The molecule has 1 fully saturated rings. The maximum absolute atomic E-state index is 12.1. The highest BCUT2D eigenvalue weighted by Gasteiger charge is 2.34. The molecule has 160 valence electrons. The molecule has 0 saturated carbocycles. The van der Waals surface area contributed by atoms with Crippen LogP contribution in [0.25, 0.3) is 0 Å². The molecule has 0 amide bonds. The van der Waals surface area contributed by atoms with Crippen molar-refractivity contribution in [1.29, 1.82) is 0 Å². The van der Waals surface area contributed by atoms with E-state index in [9.17, 15) is 4.79 Å². The van der Waals surface area contributed by atoms with E-state index in [1.54, 1.807) is 14.2 Å². The van der Waals surface area contributed by atoms with Crippen molar-refractivity contribution in [3.05, 3.63) is 71.5 Å². The van der Waals surface area contributed by atoms with Crippen LogP contribution in [0.5, 0.6) is 11.5 Å². The number of rotatable bonds is 4. The predicted octanol–water partition coefficient (Wildman–Crippen LogP) is 4.85. The Morgan fingerprint density at radius 1 is 0.967 bits per heavy atom. The zero-order valence-corrected chi connectivity index (χ0v) is 18.3. The lowest BCUT2D eigenvalue weighted by molar-refractivity contribution is 0.0598. The molecule has 2 atom stereocenters. The Morgan fingerprint density at radius 3 is 2.20 bits per heavy atom. The molecule has 2 unspecified atom stereocenters. The number of hydrogen-bond donors (Lipinski definition) is 0. The first kappa shape index (κ1) is 21.9. The number of aryl methyl sites for hydroxylation is 1. The van der Waals surface area contributed by atoms with E-state index in [2.05, 4.69) is 18.0 Å². The van der Waals surface area contributed by atoms with E-state index in [-0.39, 0.29) is 5.97 Å².